The van der Waals surface area contributed by atoms with Crippen molar-refractivity contribution in [1.29, 1.82) is 0 Å². The number of rotatable bonds is 5. The van der Waals surface area contributed by atoms with Gasteiger partial charge in [-0.15, -0.1) is 0 Å². The third-order valence-corrected chi connectivity index (χ3v) is 3.42. The maximum absolute atomic E-state index is 11.8. The van der Waals surface area contributed by atoms with E-state index in [0.29, 0.717) is 18.7 Å². The van der Waals surface area contributed by atoms with E-state index in [1.165, 1.54) is 6.42 Å². The number of hydrogen-bond acceptors (Lipinski definition) is 3. The van der Waals surface area contributed by atoms with Crippen LogP contribution in [0.15, 0.2) is 24.3 Å². The summed E-state index contributed by atoms with van der Waals surface area (Å²) in [5.41, 5.74) is 6.46. The average molecular weight is 262 g/mol. The van der Waals surface area contributed by atoms with Gasteiger partial charge < -0.3 is 15.4 Å². The van der Waals surface area contributed by atoms with Crippen LogP contribution < -0.4 is 10.5 Å². The van der Waals surface area contributed by atoms with Crippen molar-refractivity contribution in [3.8, 4) is 5.75 Å². The Morgan fingerprint density at radius 3 is 2.89 bits per heavy atom. The molecule has 1 fully saturated rings. The summed E-state index contributed by atoms with van der Waals surface area (Å²) in [4.78, 5) is 13.8. The van der Waals surface area contributed by atoms with Gasteiger partial charge in [-0.3, -0.25) is 4.79 Å². The number of amides is 1. The van der Waals surface area contributed by atoms with Gasteiger partial charge in [-0.05, 0) is 31.4 Å². The van der Waals surface area contributed by atoms with Gasteiger partial charge in [-0.2, -0.15) is 0 Å². The molecule has 0 spiro atoms. The third kappa shape index (κ3) is 4.16. The molecule has 4 nitrogen and oxygen atoms in total. The van der Waals surface area contributed by atoms with Crippen molar-refractivity contribution in [2.24, 2.45) is 0 Å². The molecule has 0 atom stereocenters. The smallest absolute Gasteiger partial charge is 0.222 e. The number of nitrogens with zero attached hydrogens (tertiary/aromatic N) is 1. The fourth-order valence-corrected chi connectivity index (χ4v) is 2.32. The number of ether oxygens (including phenoxy) is 1. The maximum atomic E-state index is 11.8. The van der Waals surface area contributed by atoms with Crippen LogP contribution in [-0.4, -0.2) is 30.5 Å². The van der Waals surface area contributed by atoms with Crippen LogP contribution in [0.3, 0.4) is 0 Å². The lowest BCUT2D eigenvalue weighted by Gasteiger charge is -2.20. The van der Waals surface area contributed by atoms with E-state index in [1.54, 1.807) is 0 Å². The molecule has 1 aliphatic rings. The Morgan fingerprint density at radius 1 is 1.21 bits per heavy atom. The zero-order valence-electron chi connectivity index (χ0n) is 11.3. The Balaban J connectivity index is 1.71. The molecule has 1 aromatic rings. The van der Waals surface area contributed by atoms with Gasteiger partial charge >= 0.3 is 0 Å². The molecule has 0 radical (unpaired) electrons. The molecule has 4 heteroatoms. The van der Waals surface area contributed by atoms with Crippen LogP contribution in [0.4, 0.5) is 5.69 Å². The highest BCUT2D eigenvalue weighted by Gasteiger charge is 2.15. The van der Waals surface area contributed by atoms with Crippen LogP contribution in [0.5, 0.6) is 5.75 Å². The van der Waals surface area contributed by atoms with Gasteiger partial charge in [0.15, 0.2) is 0 Å². The standard InChI is InChI=1S/C15H22N2O2/c16-13-7-3-4-8-14(13)19-12-6-11-17-10-5-1-2-9-15(17)18/h3-4,7-8H,1-2,5-6,9-12,16H2. The summed E-state index contributed by atoms with van der Waals surface area (Å²) in [5.74, 6) is 1.02. The highest BCUT2D eigenvalue weighted by atomic mass is 16.5. The lowest BCUT2D eigenvalue weighted by Crippen LogP contribution is -2.32. The minimum atomic E-state index is 0.289. The summed E-state index contributed by atoms with van der Waals surface area (Å²) in [7, 11) is 0. The first-order chi connectivity index (χ1) is 9.27. The number of anilines is 1. The van der Waals surface area contributed by atoms with Gasteiger partial charge in [0.1, 0.15) is 5.75 Å². The molecular formula is C15H22N2O2. The number of benzene rings is 1. The maximum Gasteiger partial charge on any atom is 0.222 e. The first-order valence-electron chi connectivity index (χ1n) is 7.02. The van der Waals surface area contributed by atoms with E-state index in [-0.39, 0.29) is 5.91 Å². The second-order valence-corrected chi connectivity index (χ2v) is 4.93. The molecule has 19 heavy (non-hydrogen) atoms. The predicted molar refractivity (Wildman–Crippen MR) is 76.0 cm³/mol. The molecule has 1 heterocycles. The Morgan fingerprint density at radius 2 is 2.05 bits per heavy atom. The summed E-state index contributed by atoms with van der Waals surface area (Å²) in [5, 5.41) is 0. The SMILES string of the molecule is Nc1ccccc1OCCCN1CCCCCC1=O. The van der Waals surface area contributed by atoms with Crippen molar-refractivity contribution in [3.05, 3.63) is 24.3 Å². The summed E-state index contributed by atoms with van der Waals surface area (Å²) in [6.45, 7) is 2.27. The Bertz CT molecular complexity index is 420. The van der Waals surface area contributed by atoms with Gasteiger partial charge in [0.05, 0.1) is 12.3 Å². The fourth-order valence-electron chi connectivity index (χ4n) is 2.32. The second kappa shape index (κ2) is 7.02. The summed E-state index contributed by atoms with van der Waals surface area (Å²) >= 11 is 0. The molecule has 1 aliphatic heterocycles. The number of carbonyl (C=O) groups excluding carboxylic acids is 1. The second-order valence-electron chi connectivity index (χ2n) is 4.93. The largest absolute Gasteiger partial charge is 0.491 e. The van der Waals surface area contributed by atoms with Gasteiger partial charge in [-0.1, -0.05) is 18.6 Å². The monoisotopic (exact) mass is 262 g/mol. The molecule has 0 aliphatic carbocycles. The molecule has 2 rings (SSSR count). The van der Waals surface area contributed by atoms with Crippen LogP contribution >= 0.6 is 0 Å². The molecule has 0 aromatic heterocycles. The zero-order chi connectivity index (χ0) is 13.5. The van der Waals surface area contributed by atoms with E-state index in [1.807, 2.05) is 29.2 Å². The Labute approximate surface area is 114 Å². The summed E-state index contributed by atoms with van der Waals surface area (Å²) in [6, 6.07) is 7.49. The Hall–Kier alpha value is -1.71. The summed E-state index contributed by atoms with van der Waals surface area (Å²) in [6.07, 6.45) is 4.87. The number of carbonyl (C=O) groups is 1. The van der Waals surface area contributed by atoms with Crippen LogP contribution in [0, 0.1) is 0 Å². The number of nitrogens with two attached hydrogens (primary N) is 1. The number of para-hydroxylation sites is 2. The van der Waals surface area contributed by atoms with Gasteiger partial charge in [0, 0.05) is 19.5 Å². The van der Waals surface area contributed by atoms with Crippen LogP contribution in [0.25, 0.3) is 0 Å². The molecule has 0 bridgehead atoms. The van der Waals surface area contributed by atoms with Gasteiger partial charge in [0.25, 0.3) is 0 Å². The van der Waals surface area contributed by atoms with E-state index in [2.05, 4.69) is 0 Å². The van der Waals surface area contributed by atoms with Crippen molar-refractivity contribution >= 4 is 11.6 Å². The topological polar surface area (TPSA) is 55.6 Å². The third-order valence-electron chi connectivity index (χ3n) is 3.42. The number of hydrogen-bond donors (Lipinski definition) is 1. The van der Waals surface area contributed by atoms with Crippen molar-refractivity contribution in [2.45, 2.75) is 32.1 Å². The van der Waals surface area contributed by atoms with Gasteiger partial charge in [-0.25, -0.2) is 0 Å². The van der Waals surface area contributed by atoms with Crippen molar-refractivity contribution in [3.63, 3.8) is 0 Å². The first-order valence-corrected chi connectivity index (χ1v) is 7.02. The lowest BCUT2D eigenvalue weighted by molar-refractivity contribution is -0.130. The van der Waals surface area contributed by atoms with E-state index < -0.39 is 0 Å². The van der Waals surface area contributed by atoms with Crippen molar-refractivity contribution < 1.29 is 9.53 Å². The average Bonchev–Trinajstić information content (AvgIpc) is 2.62. The number of likely N-dealkylation sites (tertiary alicyclic amines) is 1. The fraction of sp³-hybridized carbons (Fsp3) is 0.533. The van der Waals surface area contributed by atoms with E-state index >= 15 is 0 Å². The lowest BCUT2D eigenvalue weighted by atomic mass is 10.2. The van der Waals surface area contributed by atoms with Crippen molar-refractivity contribution in [2.75, 3.05) is 25.4 Å². The first kappa shape index (κ1) is 13.7. The van der Waals surface area contributed by atoms with Crippen LogP contribution in [0.1, 0.15) is 32.1 Å². The summed E-state index contributed by atoms with van der Waals surface area (Å²) < 4.78 is 5.63. The highest BCUT2D eigenvalue weighted by molar-refractivity contribution is 5.76. The highest BCUT2D eigenvalue weighted by Crippen LogP contribution is 2.19. The molecular weight excluding hydrogens is 240 g/mol. The normalized spacial score (nSPS) is 16.2. The van der Waals surface area contributed by atoms with E-state index in [0.717, 1.165) is 38.1 Å². The van der Waals surface area contributed by atoms with Crippen molar-refractivity contribution in [1.82, 2.24) is 4.90 Å². The quantitative estimate of drug-likeness (QED) is 0.655. The molecule has 1 amide bonds. The molecule has 1 aromatic carbocycles. The number of nitrogen functional groups attached to an aromatic ring is 1. The molecule has 0 saturated carbocycles. The Kier molecular flexibility index (Phi) is 5.07. The van der Waals surface area contributed by atoms with E-state index in [4.69, 9.17) is 10.5 Å². The molecule has 0 unspecified atom stereocenters. The molecule has 1 saturated heterocycles. The molecule has 2 N–H and O–H groups in total. The minimum Gasteiger partial charge on any atom is -0.491 e. The van der Waals surface area contributed by atoms with E-state index in [9.17, 15) is 4.79 Å². The zero-order valence-corrected chi connectivity index (χ0v) is 11.3. The van der Waals surface area contributed by atoms with Crippen LogP contribution in [0.2, 0.25) is 0 Å². The van der Waals surface area contributed by atoms with Gasteiger partial charge in [0.2, 0.25) is 5.91 Å². The minimum absolute atomic E-state index is 0.289. The van der Waals surface area contributed by atoms with Crippen LogP contribution in [-0.2, 0) is 4.79 Å². The molecule has 104 valence electrons. The predicted octanol–water partition coefficient (Wildman–Crippen LogP) is 2.44.